The SMILES string of the molecule is CCNc1cnc(C(=O)N2CCC(C)(O)C2)cn1. The van der Waals surface area contributed by atoms with Gasteiger partial charge in [-0.15, -0.1) is 0 Å². The molecule has 0 spiro atoms. The maximum Gasteiger partial charge on any atom is 0.274 e. The smallest absolute Gasteiger partial charge is 0.274 e. The van der Waals surface area contributed by atoms with E-state index in [0.29, 0.717) is 31.0 Å². The van der Waals surface area contributed by atoms with Gasteiger partial charge in [0.25, 0.3) is 5.91 Å². The summed E-state index contributed by atoms with van der Waals surface area (Å²) in [6.45, 7) is 5.37. The highest BCUT2D eigenvalue weighted by molar-refractivity contribution is 5.92. The highest BCUT2D eigenvalue weighted by Crippen LogP contribution is 2.21. The van der Waals surface area contributed by atoms with Crippen molar-refractivity contribution >= 4 is 11.7 Å². The molecule has 2 heterocycles. The molecule has 2 N–H and O–H groups in total. The van der Waals surface area contributed by atoms with Gasteiger partial charge in [-0.25, -0.2) is 9.97 Å². The van der Waals surface area contributed by atoms with Gasteiger partial charge in [-0.2, -0.15) is 0 Å². The number of rotatable bonds is 3. The van der Waals surface area contributed by atoms with Crippen LogP contribution in [0.4, 0.5) is 5.82 Å². The van der Waals surface area contributed by atoms with Crippen LogP contribution >= 0.6 is 0 Å². The van der Waals surface area contributed by atoms with Crippen LogP contribution in [0, 0.1) is 0 Å². The Hall–Kier alpha value is -1.69. The topological polar surface area (TPSA) is 78.4 Å². The molecule has 0 aromatic carbocycles. The van der Waals surface area contributed by atoms with Gasteiger partial charge in [0.15, 0.2) is 0 Å². The third kappa shape index (κ3) is 2.76. The number of likely N-dealkylation sites (tertiary alicyclic amines) is 1. The van der Waals surface area contributed by atoms with Crippen LogP contribution in [-0.4, -0.2) is 51.1 Å². The minimum Gasteiger partial charge on any atom is -0.388 e. The monoisotopic (exact) mass is 250 g/mol. The second-order valence-corrected chi connectivity index (χ2v) is 4.79. The van der Waals surface area contributed by atoms with Crippen LogP contribution in [-0.2, 0) is 0 Å². The summed E-state index contributed by atoms with van der Waals surface area (Å²) in [5, 5.41) is 12.9. The number of aliphatic hydroxyl groups is 1. The molecule has 0 aliphatic carbocycles. The lowest BCUT2D eigenvalue weighted by Crippen LogP contribution is -2.34. The van der Waals surface area contributed by atoms with E-state index in [2.05, 4.69) is 15.3 Å². The van der Waals surface area contributed by atoms with Gasteiger partial charge in [0, 0.05) is 19.6 Å². The van der Waals surface area contributed by atoms with Crippen molar-refractivity contribution in [1.29, 1.82) is 0 Å². The summed E-state index contributed by atoms with van der Waals surface area (Å²) in [7, 11) is 0. The molecule has 1 unspecified atom stereocenters. The minimum atomic E-state index is -0.785. The standard InChI is InChI=1S/C12H18N4O2/c1-3-13-10-7-14-9(6-15-10)11(17)16-5-4-12(2,18)8-16/h6-7,18H,3-5,8H2,1-2H3,(H,13,15). The maximum atomic E-state index is 12.1. The number of β-amino-alcohol motifs (C(OH)–C–C–N with tert-alkyl or cyclic N) is 1. The van der Waals surface area contributed by atoms with Crippen LogP contribution in [0.3, 0.4) is 0 Å². The number of hydrogen-bond donors (Lipinski definition) is 2. The first-order valence-electron chi connectivity index (χ1n) is 6.09. The number of nitrogens with zero attached hydrogens (tertiary/aromatic N) is 3. The van der Waals surface area contributed by atoms with Gasteiger partial charge in [0.2, 0.25) is 0 Å². The lowest BCUT2D eigenvalue weighted by Gasteiger charge is -2.18. The molecule has 1 aliphatic rings. The third-order valence-electron chi connectivity index (χ3n) is 2.97. The molecule has 0 bridgehead atoms. The fourth-order valence-electron chi connectivity index (χ4n) is 1.99. The Labute approximate surface area is 106 Å². The molecule has 6 heteroatoms. The molecular weight excluding hydrogens is 232 g/mol. The third-order valence-corrected chi connectivity index (χ3v) is 2.97. The number of amides is 1. The fourth-order valence-corrected chi connectivity index (χ4v) is 1.99. The largest absolute Gasteiger partial charge is 0.388 e. The molecule has 1 aromatic heterocycles. The zero-order valence-electron chi connectivity index (χ0n) is 10.7. The van der Waals surface area contributed by atoms with Gasteiger partial charge < -0.3 is 15.3 Å². The Kier molecular flexibility index (Phi) is 3.47. The number of carbonyl (C=O) groups excluding carboxylic acids is 1. The highest BCUT2D eigenvalue weighted by Gasteiger charge is 2.34. The average Bonchev–Trinajstić information content (AvgIpc) is 2.70. The molecule has 1 saturated heterocycles. The van der Waals surface area contributed by atoms with Crippen LogP contribution in [0.25, 0.3) is 0 Å². The van der Waals surface area contributed by atoms with Crippen molar-refractivity contribution in [1.82, 2.24) is 14.9 Å². The van der Waals surface area contributed by atoms with Crippen molar-refractivity contribution in [2.24, 2.45) is 0 Å². The van der Waals surface area contributed by atoms with Crippen molar-refractivity contribution < 1.29 is 9.90 Å². The van der Waals surface area contributed by atoms with E-state index in [-0.39, 0.29) is 5.91 Å². The van der Waals surface area contributed by atoms with E-state index in [1.807, 2.05) is 6.92 Å². The normalized spacial score (nSPS) is 23.2. The van der Waals surface area contributed by atoms with Crippen molar-refractivity contribution in [2.75, 3.05) is 25.0 Å². The molecule has 1 aliphatic heterocycles. The van der Waals surface area contributed by atoms with Crippen molar-refractivity contribution in [3.63, 3.8) is 0 Å². The van der Waals surface area contributed by atoms with Gasteiger partial charge in [-0.3, -0.25) is 4.79 Å². The lowest BCUT2D eigenvalue weighted by molar-refractivity contribution is 0.0569. The fraction of sp³-hybridized carbons (Fsp3) is 0.583. The molecule has 0 saturated carbocycles. The maximum absolute atomic E-state index is 12.1. The van der Waals surface area contributed by atoms with E-state index in [0.717, 1.165) is 6.54 Å². The summed E-state index contributed by atoms with van der Waals surface area (Å²) in [4.78, 5) is 21.9. The zero-order chi connectivity index (χ0) is 13.2. The van der Waals surface area contributed by atoms with Crippen LogP contribution in [0.5, 0.6) is 0 Å². The lowest BCUT2D eigenvalue weighted by atomic mass is 10.1. The number of carbonyl (C=O) groups is 1. The van der Waals surface area contributed by atoms with Gasteiger partial charge >= 0.3 is 0 Å². The van der Waals surface area contributed by atoms with Gasteiger partial charge in [-0.05, 0) is 20.3 Å². The Balaban J connectivity index is 2.05. The van der Waals surface area contributed by atoms with Crippen molar-refractivity contribution in [3.05, 3.63) is 18.1 Å². The van der Waals surface area contributed by atoms with E-state index < -0.39 is 5.60 Å². The second-order valence-electron chi connectivity index (χ2n) is 4.79. The van der Waals surface area contributed by atoms with E-state index in [9.17, 15) is 9.90 Å². The van der Waals surface area contributed by atoms with E-state index in [1.54, 1.807) is 18.0 Å². The van der Waals surface area contributed by atoms with Crippen LogP contribution in [0.2, 0.25) is 0 Å². The average molecular weight is 250 g/mol. The Bertz CT molecular complexity index is 430. The van der Waals surface area contributed by atoms with E-state index in [1.165, 1.54) is 6.20 Å². The summed E-state index contributed by atoms with van der Waals surface area (Å²) in [5.41, 5.74) is -0.471. The number of aromatic nitrogens is 2. The van der Waals surface area contributed by atoms with Gasteiger partial charge in [0.05, 0.1) is 18.0 Å². The Morgan fingerprint density at radius 1 is 1.56 bits per heavy atom. The molecule has 18 heavy (non-hydrogen) atoms. The molecule has 6 nitrogen and oxygen atoms in total. The molecule has 98 valence electrons. The predicted octanol–water partition coefficient (Wildman–Crippen LogP) is 0.505. The molecule has 1 aromatic rings. The van der Waals surface area contributed by atoms with E-state index in [4.69, 9.17) is 0 Å². The van der Waals surface area contributed by atoms with Crippen molar-refractivity contribution in [3.8, 4) is 0 Å². The summed E-state index contributed by atoms with van der Waals surface area (Å²) in [6, 6.07) is 0. The summed E-state index contributed by atoms with van der Waals surface area (Å²) >= 11 is 0. The Morgan fingerprint density at radius 3 is 2.83 bits per heavy atom. The van der Waals surface area contributed by atoms with Crippen LogP contribution < -0.4 is 5.32 Å². The van der Waals surface area contributed by atoms with Gasteiger partial charge in [0.1, 0.15) is 11.5 Å². The highest BCUT2D eigenvalue weighted by atomic mass is 16.3. The number of anilines is 1. The van der Waals surface area contributed by atoms with Crippen LogP contribution in [0.1, 0.15) is 30.8 Å². The number of hydrogen-bond acceptors (Lipinski definition) is 5. The molecule has 1 atom stereocenters. The van der Waals surface area contributed by atoms with Crippen molar-refractivity contribution in [2.45, 2.75) is 25.9 Å². The quantitative estimate of drug-likeness (QED) is 0.817. The summed E-state index contributed by atoms with van der Waals surface area (Å²) < 4.78 is 0. The first-order valence-corrected chi connectivity index (χ1v) is 6.09. The molecule has 1 fully saturated rings. The minimum absolute atomic E-state index is 0.177. The predicted molar refractivity (Wildman–Crippen MR) is 67.3 cm³/mol. The molecule has 2 rings (SSSR count). The molecule has 0 radical (unpaired) electrons. The van der Waals surface area contributed by atoms with Gasteiger partial charge in [-0.1, -0.05) is 0 Å². The van der Waals surface area contributed by atoms with Crippen LogP contribution in [0.15, 0.2) is 12.4 Å². The Morgan fingerprint density at radius 2 is 2.33 bits per heavy atom. The first-order chi connectivity index (χ1) is 8.52. The zero-order valence-corrected chi connectivity index (χ0v) is 10.7. The van der Waals surface area contributed by atoms with E-state index >= 15 is 0 Å². The number of nitrogens with one attached hydrogen (secondary N) is 1. The summed E-state index contributed by atoms with van der Waals surface area (Å²) in [5.74, 6) is 0.478. The molecular formula is C12H18N4O2. The second kappa shape index (κ2) is 4.89. The molecule has 1 amide bonds. The first kappa shape index (κ1) is 12.8. The summed E-state index contributed by atoms with van der Waals surface area (Å²) in [6.07, 6.45) is 3.61.